The van der Waals surface area contributed by atoms with E-state index in [-0.39, 0.29) is 53.8 Å². The van der Waals surface area contributed by atoms with Gasteiger partial charge in [-0.15, -0.1) is 0 Å². The van der Waals surface area contributed by atoms with Gasteiger partial charge in [0.2, 0.25) is 0 Å². The molecule has 53 heavy (non-hydrogen) atoms. The third-order valence-electron chi connectivity index (χ3n) is 7.89. The molecule has 0 unspecified atom stereocenters. The Bertz CT molecular complexity index is 2070. The van der Waals surface area contributed by atoms with Gasteiger partial charge in [0.1, 0.15) is 0 Å². The van der Waals surface area contributed by atoms with E-state index in [1.807, 2.05) is 72.8 Å². The molecular formula is C36H24CuN6O10. The largest absolute Gasteiger partial charge is 2.00 e. The molecule has 0 atom stereocenters. The van der Waals surface area contributed by atoms with Gasteiger partial charge in [0.15, 0.2) is 0 Å². The quantitative estimate of drug-likeness (QED) is 0.0926. The molecule has 4 aromatic carbocycles. The number of amides is 4. The first-order chi connectivity index (χ1) is 25.0. The number of benzene rings is 4. The third kappa shape index (κ3) is 8.80. The van der Waals surface area contributed by atoms with Crippen LogP contribution in [0.3, 0.4) is 0 Å². The summed E-state index contributed by atoms with van der Waals surface area (Å²) in [6.45, 7) is 0.510. The van der Waals surface area contributed by atoms with Crippen LogP contribution in [0.5, 0.6) is 0 Å². The van der Waals surface area contributed by atoms with Gasteiger partial charge in [-0.2, -0.15) is 0 Å². The minimum atomic E-state index is -1.75. The van der Waals surface area contributed by atoms with Crippen LogP contribution in [0.1, 0.15) is 52.6 Å². The summed E-state index contributed by atoms with van der Waals surface area (Å²) in [6.07, 6.45) is 6.62. The van der Waals surface area contributed by atoms with Crippen LogP contribution in [0.15, 0.2) is 122 Å². The normalized spacial score (nSPS) is 12.3. The summed E-state index contributed by atoms with van der Waals surface area (Å²) in [5.41, 5.74) is 4.10. The molecule has 0 N–H and O–H groups in total. The van der Waals surface area contributed by atoms with Gasteiger partial charge < -0.3 is 30.6 Å². The second kappa shape index (κ2) is 17.2. The summed E-state index contributed by atoms with van der Waals surface area (Å²) in [5, 5.41) is 32.8. The van der Waals surface area contributed by atoms with Crippen molar-refractivity contribution in [2.45, 2.75) is 13.1 Å². The zero-order valence-corrected chi connectivity index (χ0v) is 28.0. The second-order valence-corrected chi connectivity index (χ2v) is 11.0. The molecule has 0 aliphatic carbocycles. The SMILES string of the molecule is O=C1c2cccc3cccc(c23)C(=O)N1Cc1ccncc1.O=C1c2cccc3cccc(c23)C(=O)N1Cc1ccncc1.O=[N+]([O-])[O-].O=[N+]([O-])[O-].[Cu+2]. The summed E-state index contributed by atoms with van der Waals surface area (Å²) in [5.74, 6) is -0.977. The van der Waals surface area contributed by atoms with Gasteiger partial charge in [0.05, 0.1) is 23.3 Å². The summed E-state index contributed by atoms with van der Waals surface area (Å²) >= 11 is 0. The van der Waals surface area contributed by atoms with E-state index in [1.54, 1.807) is 49.1 Å². The fourth-order valence-electron chi connectivity index (χ4n) is 5.79. The average Bonchev–Trinajstić information content (AvgIpc) is 3.13. The summed E-state index contributed by atoms with van der Waals surface area (Å²) in [7, 11) is 0. The Balaban J connectivity index is 0.000000194. The number of hydrogen-bond donors (Lipinski definition) is 0. The Labute approximate surface area is 309 Å². The number of rotatable bonds is 4. The van der Waals surface area contributed by atoms with Crippen LogP contribution in [0.2, 0.25) is 0 Å². The van der Waals surface area contributed by atoms with Crippen LogP contribution in [0.25, 0.3) is 21.5 Å². The Morgan fingerprint density at radius 2 is 0.698 bits per heavy atom. The molecule has 8 rings (SSSR count). The van der Waals surface area contributed by atoms with Crippen molar-refractivity contribution in [2.24, 2.45) is 0 Å². The maximum atomic E-state index is 12.7. The van der Waals surface area contributed by atoms with E-state index in [4.69, 9.17) is 30.6 Å². The maximum Gasteiger partial charge on any atom is 2.00 e. The smallest absolute Gasteiger partial charge is 0.356 e. The van der Waals surface area contributed by atoms with Gasteiger partial charge in [-0.3, -0.25) is 38.9 Å². The first kappa shape index (κ1) is 38.7. The second-order valence-electron chi connectivity index (χ2n) is 11.0. The van der Waals surface area contributed by atoms with Crippen LogP contribution in [0, 0.1) is 30.6 Å². The van der Waals surface area contributed by atoms with Crippen molar-refractivity contribution in [3.05, 3.63) is 186 Å². The Morgan fingerprint density at radius 1 is 0.453 bits per heavy atom. The number of pyridine rings is 2. The molecule has 269 valence electrons. The predicted molar refractivity (Wildman–Crippen MR) is 186 cm³/mol. The maximum absolute atomic E-state index is 12.7. The van der Waals surface area contributed by atoms with E-state index in [0.717, 1.165) is 32.7 Å². The molecular weight excluding hydrogens is 740 g/mol. The van der Waals surface area contributed by atoms with E-state index < -0.39 is 10.2 Å². The van der Waals surface area contributed by atoms with E-state index >= 15 is 0 Å². The van der Waals surface area contributed by atoms with E-state index in [1.165, 1.54) is 9.80 Å². The average molecular weight is 764 g/mol. The van der Waals surface area contributed by atoms with Crippen molar-refractivity contribution in [1.29, 1.82) is 0 Å². The van der Waals surface area contributed by atoms with Crippen LogP contribution in [0.4, 0.5) is 0 Å². The fraction of sp³-hybridized carbons (Fsp3) is 0.0556. The van der Waals surface area contributed by atoms with E-state index in [0.29, 0.717) is 22.3 Å². The Morgan fingerprint density at radius 3 is 0.943 bits per heavy atom. The molecule has 1 radical (unpaired) electrons. The minimum absolute atomic E-state index is 0. The zero-order valence-electron chi connectivity index (χ0n) is 27.0. The first-order valence-corrected chi connectivity index (χ1v) is 15.1. The summed E-state index contributed by atoms with van der Waals surface area (Å²) < 4.78 is 0. The molecule has 0 saturated carbocycles. The number of aromatic nitrogens is 2. The van der Waals surface area contributed by atoms with Crippen LogP contribution < -0.4 is 0 Å². The molecule has 4 heterocycles. The predicted octanol–water partition coefficient (Wildman–Crippen LogP) is 5.58. The number of imide groups is 2. The molecule has 4 amide bonds. The number of hydrogen-bond acceptors (Lipinski definition) is 12. The van der Waals surface area contributed by atoms with Crippen molar-refractivity contribution >= 4 is 45.2 Å². The van der Waals surface area contributed by atoms with Gasteiger partial charge in [-0.05, 0) is 70.4 Å². The van der Waals surface area contributed by atoms with Gasteiger partial charge in [-0.25, -0.2) is 0 Å². The number of nitrogens with zero attached hydrogens (tertiary/aromatic N) is 6. The number of carbonyl (C=O) groups excluding carboxylic acids is 4. The summed E-state index contributed by atoms with van der Waals surface area (Å²) in [6, 6.07) is 29.4. The summed E-state index contributed by atoms with van der Waals surface area (Å²) in [4.78, 5) is 77.8. The van der Waals surface area contributed by atoms with Crippen molar-refractivity contribution in [2.75, 3.05) is 0 Å². The van der Waals surface area contributed by atoms with Crippen molar-refractivity contribution in [3.8, 4) is 0 Å². The Hall–Kier alpha value is -7.10. The standard InChI is InChI=1S/2C18H12N2O2.Cu.2NO3/c2*21-17-14-5-1-3-13-4-2-6-15(16(13)14)18(22)20(17)11-12-7-9-19-10-8-12;;2*2-1(3)4/h2*1-10H,11H2;;;/q;;+2;2*-1. The molecule has 0 bridgehead atoms. The Kier molecular flexibility index (Phi) is 12.6. The van der Waals surface area contributed by atoms with E-state index in [2.05, 4.69) is 9.97 Å². The zero-order chi connectivity index (χ0) is 37.4. The van der Waals surface area contributed by atoms with Crippen LogP contribution >= 0.6 is 0 Å². The monoisotopic (exact) mass is 763 g/mol. The van der Waals surface area contributed by atoms with Crippen molar-refractivity contribution in [3.63, 3.8) is 0 Å². The minimum Gasteiger partial charge on any atom is -0.356 e. The van der Waals surface area contributed by atoms with Crippen molar-refractivity contribution in [1.82, 2.24) is 19.8 Å². The van der Waals surface area contributed by atoms with Gasteiger partial charge in [0, 0.05) is 57.8 Å². The molecule has 17 heteroatoms. The van der Waals surface area contributed by atoms with Gasteiger partial charge in [-0.1, -0.05) is 48.5 Å². The van der Waals surface area contributed by atoms with Crippen LogP contribution in [-0.4, -0.2) is 53.6 Å². The first-order valence-electron chi connectivity index (χ1n) is 15.1. The molecule has 6 aromatic rings. The number of carbonyl (C=O) groups is 4. The van der Waals surface area contributed by atoms with Crippen LogP contribution in [-0.2, 0) is 30.2 Å². The molecule has 0 spiro atoms. The molecule has 2 aliphatic rings. The molecule has 0 fully saturated rings. The topological polar surface area (TPSA) is 233 Å². The van der Waals surface area contributed by atoms with Gasteiger partial charge in [0.25, 0.3) is 23.6 Å². The third-order valence-corrected chi connectivity index (χ3v) is 7.89. The fourth-order valence-corrected chi connectivity index (χ4v) is 5.79. The molecule has 16 nitrogen and oxygen atoms in total. The van der Waals surface area contributed by atoms with Crippen molar-refractivity contribution < 1.29 is 46.4 Å². The van der Waals surface area contributed by atoms with E-state index in [9.17, 15) is 19.2 Å². The molecule has 2 aromatic heterocycles. The molecule has 2 aliphatic heterocycles. The molecule has 0 saturated heterocycles. The van der Waals surface area contributed by atoms with Gasteiger partial charge >= 0.3 is 17.1 Å².